The van der Waals surface area contributed by atoms with Crippen LogP contribution in [0.15, 0.2) is 60.3 Å². The maximum atomic E-state index is 6.49. The molecule has 0 amide bonds. The summed E-state index contributed by atoms with van der Waals surface area (Å²) in [5.74, 6) is 2.35. The highest BCUT2D eigenvalue weighted by molar-refractivity contribution is 6.32. The summed E-state index contributed by atoms with van der Waals surface area (Å²) in [4.78, 5) is 20.4. The van der Waals surface area contributed by atoms with Crippen LogP contribution < -0.4 is 16.4 Å². The van der Waals surface area contributed by atoms with Gasteiger partial charge < -0.3 is 26.2 Å². The zero-order valence-electron chi connectivity index (χ0n) is 19.9. The van der Waals surface area contributed by atoms with Crippen LogP contribution in [0.5, 0.6) is 0 Å². The van der Waals surface area contributed by atoms with Crippen molar-refractivity contribution >= 4 is 34.6 Å². The summed E-state index contributed by atoms with van der Waals surface area (Å²) >= 11 is 6.41. The Balaban J connectivity index is 1.62. The minimum atomic E-state index is 0.150. The molecule has 2 aliphatic heterocycles. The Morgan fingerprint density at radius 2 is 2.03 bits per heavy atom. The summed E-state index contributed by atoms with van der Waals surface area (Å²) in [5, 5.41) is 0.659. The SMILES string of the molecule is C=C(N=C(/C=C(\N)c1cncc(N)c1)N1CCN(c2ncccc2Cl)C[C@H]1C)N1CCCC1C. The molecule has 0 spiro atoms. The van der Waals surface area contributed by atoms with Gasteiger partial charge in [-0.2, -0.15) is 0 Å². The lowest BCUT2D eigenvalue weighted by Crippen LogP contribution is -2.54. The van der Waals surface area contributed by atoms with Crippen molar-refractivity contribution in [2.24, 2.45) is 10.7 Å². The third kappa shape index (κ3) is 5.28. The molecule has 2 aromatic heterocycles. The topological polar surface area (TPSA) is 99.9 Å². The number of nitrogens with two attached hydrogens (primary N) is 2. The van der Waals surface area contributed by atoms with E-state index >= 15 is 0 Å². The highest BCUT2D eigenvalue weighted by Crippen LogP contribution is 2.27. The minimum absolute atomic E-state index is 0.150. The summed E-state index contributed by atoms with van der Waals surface area (Å²) in [5.41, 5.74) is 14.3. The van der Waals surface area contributed by atoms with Crippen LogP contribution in [0.1, 0.15) is 32.3 Å². The zero-order valence-corrected chi connectivity index (χ0v) is 20.6. The van der Waals surface area contributed by atoms with E-state index in [-0.39, 0.29) is 6.04 Å². The summed E-state index contributed by atoms with van der Waals surface area (Å²) < 4.78 is 0. The van der Waals surface area contributed by atoms with Crippen LogP contribution >= 0.6 is 11.6 Å². The molecule has 180 valence electrons. The molecule has 0 aliphatic carbocycles. The number of likely N-dealkylation sites (tertiary alicyclic amines) is 1. The number of amidine groups is 1. The van der Waals surface area contributed by atoms with Gasteiger partial charge in [0.05, 0.1) is 10.7 Å². The number of aliphatic imine (C=N–C) groups is 1. The van der Waals surface area contributed by atoms with E-state index in [4.69, 9.17) is 28.1 Å². The molecule has 2 aromatic rings. The first-order valence-electron chi connectivity index (χ1n) is 11.7. The maximum absolute atomic E-state index is 6.49. The fourth-order valence-corrected chi connectivity index (χ4v) is 4.87. The van der Waals surface area contributed by atoms with E-state index in [9.17, 15) is 0 Å². The highest BCUT2D eigenvalue weighted by Gasteiger charge is 2.28. The van der Waals surface area contributed by atoms with E-state index in [0.717, 1.165) is 62.1 Å². The standard InChI is InChI=1S/C25H33ClN8/c1-17-6-5-9-33(17)19(3)31-24(13-23(28)20-12-21(27)15-29-14-20)34-11-10-32(16-18(34)2)25-22(26)7-4-8-30-25/h4,7-8,12-15,17-18H,3,5-6,9-11,16,27-28H2,1-2H3/b23-13-,31-24?/t17?,18-/m1/s1. The predicted octanol–water partition coefficient (Wildman–Crippen LogP) is 3.58. The first-order chi connectivity index (χ1) is 16.3. The molecule has 2 aliphatic rings. The van der Waals surface area contributed by atoms with Gasteiger partial charge in [-0.25, -0.2) is 9.98 Å². The Hall–Kier alpha value is -3.26. The first kappa shape index (κ1) is 23.9. The second-order valence-electron chi connectivity index (χ2n) is 8.97. The smallest absolute Gasteiger partial charge is 0.147 e. The number of piperazine rings is 1. The molecule has 0 radical (unpaired) electrons. The number of hydrogen-bond acceptors (Lipinski definition) is 7. The van der Waals surface area contributed by atoms with E-state index in [1.54, 1.807) is 18.6 Å². The Bertz CT molecular complexity index is 1100. The number of anilines is 2. The first-order valence-corrected chi connectivity index (χ1v) is 12.1. The average molecular weight is 481 g/mol. The Morgan fingerprint density at radius 3 is 2.71 bits per heavy atom. The van der Waals surface area contributed by atoms with E-state index < -0.39 is 0 Å². The number of hydrogen-bond donors (Lipinski definition) is 2. The van der Waals surface area contributed by atoms with E-state index in [1.807, 2.05) is 24.3 Å². The van der Waals surface area contributed by atoms with Crippen LogP contribution in [0.3, 0.4) is 0 Å². The van der Waals surface area contributed by atoms with Crippen molar-refractivity contribution in [1.82, 2.24) is 19.8 Å². The molecule has 0 aromatic carbocycles. The molecule has 2 saturated heterocycles. The van der Waals surface area contributed by atoms with Gasteiger partial charge >= 0.3 is 0 Å². The number of aromatic nitrogens is 2. The summed E-state index contributed by atoms with van der Waals surface area (Å²) in [7, 11) is 0. The van der Waals surface area contributed by atoms with Gasteiger partial charge in [-0.15, -0.1) is 0 Å². The second-order valence-corrected chi connectivity index (χ2v) is 9.38. The van der Waals surface area contributed by atoms with Gasteiger partial charge in [0.2, 0.25) is 0 Å². The van der Waals surface area contributed by atoms with Gasteiger partial charge in [0.1, 0.15) is 17.5 Å². The lowest BCUT2D eigenvalue weighted by Gasteiger charge is -2.42. The highest BCUT2D eigenvalue weighted by atomic mass is 35.5. The predicted molar refractivity (Wildman–Crippen MR) is 140 cm³/mol. The molecule has 8 nitrogen and oxygen atoms in total. The number of pyridine rings is 2. The van der Waals surface area contributed by atoms with Crippen molar-refractivity contribution in [3.63, 3.8) is 0 Å². The van der Waals surface area contributed by atoms with Crippen molar-refractivity contribution in [3.8, 4) is 0 Å². The molecule has 4 heterocycles. The molecular weight excluding hydrogens is 448 g/mol. The Kier molecular flexibility index (Phi) is 7.26. The van der Waals surface area contributed by atoms with Crippen molar-refractivity contribution in [2.75, 3.05) is 36.8 Å². The van der Waals surface area contributed by atoms with E-state index in [0.29, 0.717) is 22.4 Å². The molecule has 4 rings (SSSR count). The quantitative estimate of drug-likeness (QED) is 0.498. The fraction of sp³-hybridized carbons (Fsp3) is 0.400. The molecule has 34 heavy (non-hydrogen) atoms. The third-order valence-corrected chi connectivity index (χ3v) is 6.76. The molecule has 9 heteroatoms. The number of rotatable bonds is 5. The van der Waals surface area contributed by atoms with E-state index in [1.165, 1.54) is 0 Å². The van der Waals surface area contributed by atoms with Crippen LogP contribution in [0.25, 0.3) is 5.70 Å². The largest absolute Gasteiger partial charge is 0.398 e. The fourth-order valence-electron chi connectivity index (χ4n) is 4.63. The minimum Gasteiger partial charge on any atom is -0.398 e. The van der Waals surface area contributed by atoms with Gasteiger partial charge in [-0.05, 0) is 44.9 Å². The monoisotopic (exact) mass is 480 g/mol. The van der Waals surface area contributed by atoms with Crippen LogP contribution in [-0.2, 0) is 0 Å². The van der Waals surface area contributed by atoms with Gasteiger partial charge in [0, 0.05) is 74.2 Å². The van der Waals surface area contributed by atoms with Crippen LogP contribution in [0.4, 0.5) is 11.5 Å². The molecule has 2 atom stereocenters. The van der Waals surface area contributed by atoms with Crippen LogP contribution in [0, 0.1) is 0 Å². The van der Waals surface area contributed by atoms with Gasteiger partial charge in [0.15, 0.2) is 0 Å². The number of nitrogen functional groups attached to an aromatic ring is 1. The summed E-state index contributed by atoms with van der Waals surface area (Å²) in [6.45, 7) is 11.9. The Morgan fingerprint density at radius 1 is 1.21 bits per heavy atom. The molecule has 0 bridgehead atoms. The van der Waals surface area contributed by atoms with E-state index in [2.05, 4.69) is 45.1 Å². The van der Waals surface area contributed by atoms with Crippen molar-refractivity contribution in [1.29, 1.82) is 0 Å². The average Bonchev–Trinajstić information content (AvgIpc) is 3.25. The van der Waals surface area contributed by atoms with Crippen molar-refractivity contribution in [2.45, 2.75) is 38.8 Å². The number of nitrogens with zero attached hydrogens (tertiary/aromatic N) is 6. The molecule has 4 N–H and O–H groups in total. The Labute approximate surface area is 206 Å². The van der Waals surface area contributed by atoms with Crippen molar-refractivity contribution in [3.05, 3.63) is 65.9 Å². The summed E-state index contributed by atoms with van der Waals surface area (Å²) in [6, 6.07) is 6.12. The van der Waals surface area contributed by atoms with Crippen molar-refractivity contribution < 1.29 is 0 Å². The molecule has 2 fully saturated rings. The normalized spacial score (nSPS) is 21.8. The molecule has 1 unspecified atom stereocenters. The van der Waals surface area contributed by atoms with Gasteiger partial charge in [0.25, 0.3) is 0 Å². The summed E-state index contributed by atoms with van der Waals surface area (Å²) in [6.07, 6.45) is 9.29. The third-order valence-electron chi connectivity index (χ3n) is 6.47. The van der Waals surface area contributed by atoms with Crippen LogP contribution in [-0.4, -0.2) is 63.9 Å². The second kappa shape index (κ2) is 10.3. The number of halogens is 1. The van der Waals surface area contributed by atoms with Gasteiger partial charge in [-0.3, -0.25) is 4.98 Å². The maximum Gasteiger partial charge on any atom is 0.147 e. The van der Waals surface area contributed by atoms with Crippen LogP contribution in [0.2, 0.25) is 5.02 Å². The lowest BCUT2D eigenvalue weighted by molar-refractivity contribution is 0.294. The van der Waals surface area contributed by atoms with Gasteiger partial charge in [-0.1, -0.05) is 18.2 Å². The molecule has 0 saturated carbocycles. The lowest BCUT2D eigenvalue weighted by atomic mass is 10.1. The molecular formula is C25H33ClN8. The zero-order chi connectivity index (χ0) is 24.2.